The number of carbonyl (C=O) groups is 2. The molecule has 4 aromatic carbocycles. The minimum absolute atomic E-state index is 0.0184. The standard InChI is InChI=1S/C29H29NO2S2/c1-20(24-13-11-22-7-3-5-9-26(22)16-24)15-28(31)18-33-34-19-29(32)30-21(2)25-14-12-23-8-4-6-10-27(23)17-25/h3-14,16-17,20-21H,15,18-19H2,1-2H3,(H,30,32)/t20-,21+/m0/s1. The van der Waals surface area contributed by atoms with Gasteiger partial charge in [-0.2, -0.15) is 0 Å². The van der Waals surface area contributed by atoms with Crippen LogP contribution in [0, 0.1) is 0 Å². The summed E-state index contributed by atoms with van der Waals surface area (Å²) >= 11 is 0. The average Bonchev–Trinajstić information content (AvgIpc) is 2.86. The Hall–Kier alpha value is -2.76. The molecular formula is C29H29NO2S2. The van der Waals surface area contributed by atoms with Crippen molar-refractivity contribution in [3.8, 4) is 0 Å². The fraction of sp³-hybridized carbons (Fsp3) is 0.241. The maximum atomic E-state index is 12.5. The summed E-state index contributed by atoms with van der Waals surface area (Å²) in [6.45, 7) is 4.10. The van der Waals surface area contributed by atoms with Crippen molar-refractivity contribution < 1.29 is 9.59 Å². The van der Waals surface area contributed by atoms with Gasteiger partial charge in [0.1, 0.15) is 5.78 Å². The Bertz CT molecular complexity index is 1200. The number of fused-ring (bicyclic) bond motifs is 2. The molecule has 0 saturated carbocycles. The van der Waals surface area contributed by atoms with E-state index >= 15 is 0 Å². The molecule has 0 aliphatic carbocycles. The van der Waals surface area contributed by atoms with Crippen LogP contribution < -0.4 is 5.32 Å². The molecule has 4 rings (SSSR count). The van der Waals surface area contributed by atoms with E-state index < -0.39 is 0 Å². The molecule has 1 N–H and O–H groups in total. The van der Waals surface area contributed by atoms with Gasteiger partial charge in [0.05, 0.1) is 17.5 Å². The van der Waals surface area contributed by atoms with Crippen LogP contribution in [0.1, 0.15) is 43.4 Å². The van der Waals surface area contributed by atoms with Crippen molar-refractivity contribution in [3.63, 3.8) is 0 Å². The maximum absolute atomic E-state index is 12.5. The summed E-state index contributed by atoms with van der Waals surface area (Å²) < 4.78 is 0. The normalized spacial score (nSPS) is 13.0. The number of rotatable bonds is 10. The molecule has 0 radical (unpaired) electrons. The Morgan fingerprint density at radius 3 is 1.88 bits per heavy atom. The van der Waals surface area contributed by atoms with E-state index in [2.05, 4.69) is 72.9 Å². The van der Waals surface area contributed by atoms with Gasteiger partial charge in [0.2, 0.25) is 5.91 Å². The minimum Gasteiger partial charge on any atom is -0.349 e. The lowest BCUT2D eigenvalue weighted by molar-refractivity contribution is -0.119. The van der Waals surface area contributed by atoms with Crippen LogP contribution in [-0.2, 0) is 9.59 Å². The third-order valence-corrected chi connectivity index (χ3v) is 8.21. The van der Waals surface area contributed by atoms with Crippen molar-refractivity contribution in [3.05, 3.63) is 96.1 Å². The van der Waals surface area contributed by atoms with Crippen molar-refractivity contribution in [1.29, 1.82) is 0 Å². The van der Waals surface area contributed by atoms with Crippen LogP contribution in [0.5, 0.6) is 0 Å². The number of ketones is 1. The van der Waals surface area contributed by atoms with Crippen molar-refractivity contribution in [2.45, 2.75) is 32.2 Å². The molecule has 4 aromatic rings. The molecule has 174 valence electrons. The Kier molecular flexibility index (Phi) is 8.30. The zero-order valence-corrected chi connectivity index (χ0v) is 21.1. The van der Waals surface area contributed by atoms with E-state index in [9.17, 15) is 9.59 Å². The summed E-state index contributed by atoms with van der Waals surface area (Å²) in [5.41, 5.74) is 2.27. The fourth-order valence-electron chi connectivity index (χ4n) is 4.08. The molecule has 0 bridgehead atoms. The third kappa shape index (κ3) is 6.43. The molecular weight excluding hydrogens is 458 g/mol. The number of amides is 1. The predicted octanol–water partition coefficient (Wildman–Crippen LogP) is 7.31. The monoisotopic (exact) mass is 487 g/mol. The first-order chi connectivity index (χ1) is 16.5. The van der Waals surface area contributed by atoms with Gasteiger partial charge in [-0.15, -0.1) is 0 Å². The van der Waals surface area contributed by atoms with Gasteiger partial charge < -0.3 is 5.32 Å². The number of nitrogens with one attached hydrogen (secondary N) is 1. The second-order valence-electron chi connectivity index (χ2n) is 8.67. The lowest BCUT2D eigenvalue weighted by atomic mass is 9.94. The van der Waals surface area contributed by atoms with Gasteiger partial charge in [0, 0.05) is 6.42 Å². The van der Waals surface area contributed by atoms with Gasteiger partial charge in [0.15, 0.2) is 0 Å². The van der Waals surface area contributed by atoms with Gasteiger partial charge in [-0.1, -0.05) is 107 Å². The van der Waals surface area contributed by atoms with Crippen molar-refractivity contribution >= 4 is 54.8 Å². The number of Topliss-reactive ketones (excluding diaryl/α,β-unsaturated/α-hetero) is 1. The molecule has 0 aromatic heterocycles. The summed E-state index contributed by atoms with van der Waals surface area (Å²) in [5.74, 6) is 1.11. The van der Waals surface area contributed by atoms with Gasteiger partial charge in [0.25, 0.3) is 0 Å². The molecule has 0 heterocycles. The van der Waals surface area contributed by atoms with E-state index in [4.69, 9.17) is 0 Å². The predicted molar refractivity (Wildman–Crippen MR) is 147 cm³/mol. The zero-order valence-electron chi connectivity index (χ0n) is 19.5. The molecule has 0 saturated heterocycles. The highest BCUT2D eigenvalue weighted by molar-refractivity contribution is 8.77. The van der Waals surface area contributed by atoms with E-state index in [1.54, 1.807) is 0 Å². The number of hydrogen-bond donors (Lipinski definition) is 1. The highest BCUT2D eigenvalue weighted by Crippen LogP contribution is 2.27. The molecule has 3 nitrogen and oxygen atoms in total. The number of carbonyl (C=O) groups excluding carboxylic acids is 2. The molecule has 2 atom stereocenters. The molecule has 1 amide bonds. The second-order valence-corrected chi connectivity index (χ2v) is 11.1. The molecule has 0 aliphatic heterocycles. The molecule has 0 aliphatic rings. The zero-order chi connectivity index (χ0) is 23.9. The van der Waals surface area contributed by atoms with Gasteiger partial charge >= 0.3 is 0 Å². The van der Waals surface area contributed by atoms with E-state index in [0.29, 0.717) is 17.9 Å². The van der Waals surface area contributed by atoms with Crippen molar-refractivity contribution in [2.24, 2.45) is 0 Å². The average molecular weight is 488 g/mol. The highest BCUT2D eigenvalue weighted by Gasteiger charge is 2.14. The van der Waals surface area contributed by atoms with Crippen LogP contribution in [0.15, 0.2) is 84.9 Å². The first kappa shape index (κ1) is 24.4. The second kappa shape index (κ2) is 11.6. The van der Waals surface area contributed by atoms with E-state index in [0.717, 1.165) is 5.56 Å². The van der Waals surface area contributed by atoms with Gasteiger partial charge in [-0.3, -0.25) is 9.59 Å². The Balaban J connectivity index is 1.18. The number of hydrogen-bond acceptors (Lipinski definition) is 4. The highest BCUT2D eigenvalue weighted by atomic mass is 33.1. The first-order valence-electron chi connectivity index (χ1n) is 11.5. The summed E-state index contributed by atoms with van der Waals surface area (Å²) in [6, 6.07) is 29.1. The molecule has 34 heavy (non-hydrogen) atoms. The van der Waals surface area contributed by atoms with Crippen LogP contribution in [0.4, 0.5) is 0 Å². The Morgan fingerprint density at radius 2 is 1.24 bits per heavy atom. The molecule has 0 fully saturated rings. The minimum atomic E-state index is -0.0628. The Morgan fingerprint density at radius 1 is 0.706 bits per heavy atom. The summed E-state index contributed by atoms with van der Waals surface area (Å²) in [5, 5.41) is 7.83. The lowest BCUT2D eigenvalue weighted by Gasteiger charge is -2.15. The van der Waals surface area contributed by atoms with E-state index in [1.807, 2.05) is 31.2 Å². The summed E-state index contributed by atoms with van der Waals surface area (Å²) in [6.07, 6.45) is 0.511. The SMILES string of the molecule is C[C@@H](CC(=O)CSSCC(=O)N[C@H](C)c1ccc2ccccc2c1)c1ccc2ccccc2c1. The van der Waals surface area contributed by atoms with Crippen molar-refractivity contribution in [2.75, 3.05) is 11.5 Å². The van der Waals surface area contributed by atoms with Crippen LogP contribution in [0.3, 0.4) is 0 Å². The van der Waals surface area contributed by atoms with Crippen LogP contribution >= 0.6 is 21.6 Å². The van der Waals surface area contributed by atoms with E-state index in [-0.39, 0.29) is 23.7 Å². The molecule has 5 heteroatoms. The topological polar surface area (TPSA) is 46.2 Å². The smallest absolute Gasteiger partial charge is 0.231 e. The van der Waals surface area contributed by atoms with Crippen LogP contribution in [0.25, 0.3) is 21.5 Å². The van der Waals surface area contributed by atoms with Crippen LogP contribution in [0.2, 0.25) is 0 Å². The van der Waals surface area contributed by atoms with E-state index in [1.165, 1.54) is 48.7 Å². The summed E-state index contributed by atoms with van der Waals surface area (Å²) in [7, 11) is 2.90. The quantitative estimate of drug-likeness (QED) is 0.188. The van der Waals surface area contributed by atoms with Crippen LogP contribution in [-0.4, -0.2) is 23.2 Å². The van der Waals surface area contributed by atoms with Gasteiger partial charge in [-0.05, 0) is 51.6 Å². The Labute approximate surface area is 209 Å². The molecule has 0 unspecified atom stereocenters. The fourth-order valence-corrected chi connectivity index (χ4v) is 5.90. The largest absolute Gasteiger partial charge is 0.349 e. The lowest BCUT2D eigenvalue weighted by Crippen LogP contribution is -2.28. The van der Waals surface area contributed by atoms with Gasteiger partial charge in [-0.25, -0.2) is 0 Å². The third-order valence-electron chi connectivity index (χ3n) is 6.02. The summed E-state index contributed by atoms with van der Waals surface area (Å²) in [4.78, 5) is 24.8. The maximum Gasteiger partial charge on any atom is 0.231 e. The molecule has 0 spiro atoms. The first-order valence-corrected chi connectivity index (χ1v) is 14.0. The number of benzene rings is 4. The van der Waals surface area contributed by atoms with Crippen molar-refractivity contribution in [1.82, 2.24) is 5.32 Å².